The molecule has 0 bridgehead atoms. The molecule has 0 aliphatic carbocycles. The lowest BCUT2D eigenvalue weighted by atomic mass is 10.1. The monoisotopic (exact) mass is 184 g/mol. The Hall–Kier alpha value is -0.380. The Morgan fingerprint density at radius 2 is 2.15 bits per heavy atom. The van der Waals surface area contributed by atoms with E-state index in [1.54, 1.807) is 0 Å². The zero-order valence-corrected chi connectivity index (χ0v) is 8.16. The minimum atomic E-state index is -0.474. The van der Waals surface area contributed by atoms with Crippen molar-refractivity contribution in [3.63, 3.8) is 0 Å². The highest BCUT2D eigenvalue weighted by molar-refractivity contribution is 4.95. The summed E-state index contributed by atoms with van der Waals surface area (Å²) in [6.07, 6.45) is 3.23. The zero-order chi connectivity index (χ0) is 9.47. The molecule has 2 aliphatic heterocycles. The SMILES string of the molecule is C=C[C@@H]1OC(C)(C)O[C@@H]1C[C@@H]1CO1. The van der Waals surface area contributed by atoms with E-state index in [1.165, 1.54) is 0 Å². The molecule has 0 aromatic rings. The second-order valence-corrected chi connectivity index (χ2v) is 4.07. The summed E-state index contributed by atoms with van der Waals surface area (Å²) in [5.41, 5.74) is 0. The van der Waals surface area contributed by atoms with E-state index in [0.29, 0.717) is 6.10 Å². The summed E-state index contributed by atoms with van der Waals surface area (Å²) in [4.78, 5) is 0. The van der Waals surface area contributed by atoms with Crippen LogP contribution in [0.3, 0.4) is 0 Å². The summed E-state index contributed by atoms with van der Waals surface area (Å²) in [5, 5.41) is 0. The van der Waals surface area contributed by atoms with Gasteiger partial charge in [0.05, 0.1) is 18.8 Å². The molecule has 0 saturated carbocycles. The highest BCUT2D eigenvalue weighted by Crippen LogP contribution is 2.33. The van der Waals surface area contributed by atoms with Crippen LogP contribution in [0.2, 0.25) is 0 Å². The molecule has 2 saturated heterocycles. The predicted octanol–water partition coefficient (Wildman–Crippen LogP) is 1.48. The van der Waals surface area contributed by atoms with Gasteiger partial charge >= 0.3 is 0 Å². The van der Waals surface area contributed by atoms with Crippen LogP contribution >= 0.6 is 0 Å². The Kier molecular flexibility index (Phi) is 2.18. The van der Waals surface area contributed by atoms with Gasteiger partial charge in [0.25, 0.3) is 0 Å². The maximum atomic E-state index is 5.73. The van der Waals surface area contributed by atoms with E-state index in [0.717, 1.165) is 13.0 Å². The number of hydrogen-bond acceptors (Lipinski definition) is 3. The lowest BCUT2D eigenvalue weighted by Crippen LogP contribution is -2.22. The fraction of sp³-hybridized carbons (Fsp3) is 0.800. The van der Waals surface area contributed by atoms with Crippen LogP contribution in [0.25, 0.3) is 0 Å². The molecular formula is C10H16O3. The quantitative estimate of drug-likeness (QED) is 0.491. The number of hydrogen-bond donors (Lipinski definition) is 0. The van der Waals surface area contributed by atoms with Gasteiger partial charge in [-0.2, -0.15) is 0 Å². The highest BCUT2D eigenvalue weighted by atomic mass is 16.8. The average Bonchev–Trinajstić information content (AvgIpc) is 2.77. The molecule has 0 radical (unpaired) electrons. The number of epoxide rings is 1. The van der Waals surface area contributed by atoms with Crippen LogP contribution in [-0.2, 0) is 14.2 Å². The summed E-state index contributed by atoms with van der Waals surface area (Å²) < 4.78 is 16.5. The van der Waals surface area contributed by atoms with E-state index in [9.17, 15) is 0 Å². The largest absolute Gasteiger partial charge is 0.373 e. The third kappa shape index (κ3) is 2.10. The Balaban J connectivity index is 1.95. The Labute approximate surface area is 78.7 Å². The summed E-state index contributed by atoms with van der Waals surface area (Å²) >= 11 is 0. The minimum absolute atomic E-state index is 0.0131. The minimum Gasteiger partial charge on any atom is -0.373 e. The maximum Gasteiger partial charge on any atom is 0.164 e. The first kappa shape index (κ1) is 9.19. The normalized spacial score (nSPS) is 41.8. The second-order valence-electron chi connectivity index (χ2n) is 4.07. The number of ether oxygens (including phenoxy) is 3. The predicted molar refractivity (Wildman–Crippen MR) is 48.4 cm³/mol. The lowest BCUT2D eigenvalue weighted by Gasteiger charge is -2.16. The molecule has 3 heteroatoms. The molecule has 0 unspecified atom stereocenters. The maximum absolute atomic E-state index is 5.73. The van der Waals surface area contributed by atoms with Gasteiger partial charge in [-0.25, -0.2) is 0 Å². The Morgan fingerprint density at radius 1 is 1.46 bits per heavy atom. The Morgan fingerprint density at radius 3 is 2.69 bits per heavy atom. The first-order valence-electron chi connectivity index (χ1n) is 4.70. The molecule has 0 amide bonds. The van der Waals surface area contributed by atoms with Crippen LogP contribution in [-0.4, -0.2) is 30.7 Å². The molecule has 2 heterocycles. The van der Waals surface area contributed by atoms with Crippen molar-refractivity contribution in [1.29, 1.82) is 0 Å². The molecular weight excluding hydrogens is 168 g/mol. The van der Waals surface area contributed by atoms with Crippen LogP contribution in [0.5, 0.6) is 0 Å². The molecule has 74 valence electrons. The van der Waals surface area contributed by atoms with Crippen molar-refractivity contribution in [2.45, 2.75) is 44.4 Å². The van der Waals surface area contributed by atoms with Crippen LogP contribution < -0.4 is 0 Å². The molecule has 3 nitrogen and oxygen atoms in total. The lowest BCUT2D eigenvalue weighted by molar-refractivity contribution is -0.143. The summed E-state index contributed by atoms with van der Waals surface area (Å²) in [5.74, 6) is -0.474. The van der Waals surface area contributed by atoms with Crippen molar-refractivity contribution in [1.82, 2.24) is 0 Å². The molecule has 3 atom stereocenters. The van der Waals surface area contributed by atoms with Gasteiger partial charge in [0, 0.05) is 6.42 Å². The van der Waals surface area contributed by atoms with E-state index in [2.05, 4.69) is 6.58 Å². The van der Waals surface area contributed by atoms with Crippen LogP contribution in [0.15, 0.2) is 12.7 Å². The summed E-state index contributed by atoms with van der Waals surface area (Å²) in [7, 11) is 0. The number of rotatable bonds is 3. The van der Waals surface area contributed by atoms with E-state index >= 15 is 0 Å². The fourth-order valence-electron chi connectivity index (χ4n) is 1.71. The molecule has 0 aromatic carbocycles. The van der Waals surface area contributed by atoms with Crippen molar-refractivity contribution in [2.75, 3.05) is 6.61 Å². The Bertz CT molecular complexity index is 208. The first-order chi connectivity index (χ1) is 6.11. The first-order valence-corrected chi connectivity index (χ1v) is 4.70. The van der Waals surface area contributed by atoms with Crippen LogP contribution in [0.1, 0.15) is 20.3 Å². The smallest absolute Gasteiger partial charge is 0.164 e. The van der Waals surface area contributed by atoms with Crippen molar-refractivity contribution in [3.8, 4) is 0 Å². The van der Waals surface area contributed by atoms with E-state index in [-0.39, 0.29) is 12.2 Å². The second kappa shape index (κ2) is 3.08. The van der Waals surface area contributed by atoms with Crippen molar-refractivity contribution in [2.24, 2.45) is 0 Å². The van der Waals surface area contributed by atoms with Gasteiger partial charge in [-0.15, -0.1) is 6.58 Å². The third-order valence-corrected chi connectivity index (χ3v) is 2.35. The zero-order valence-electron chi connectivity index (χ0n) is 8.16. The molecule has 2 rings (SSSR count). The molecule has 0 spiro atoms. The fourth-order valence-corrected chi connectivity index (χ4v) is 1.71. The highest BCUT2D eigenvalue weighted by Gasteiger charge is 2.42. The van der Waals surface area contributed by atoms with Gasteiger partial charge in [0.1, 0.15) is 6.10 Å². The van der Waals surface area contributed by atoms with Crippen molar-refractivity contribution >= 4 is 0 Å². The van der Waals surface area contributed by atoms with Crippen LogP contribution in [0.4, 0.5) is 0 Å². The molecule has 0 N–H and O–H groups in total. The average molecular weight is 184 g/mol. The standard InChI is InChI=1S/C10H16O3/c1-4-8-9(5-7-6-11-7)13-10(2,3)12-8/h4,7-9H,1,5-6H2,2-3H3/t7-,8+,9-/m1/s1. The van der Waals surface area contributed by atoms with E-state index in [1.807, 2.05) is 19.9 Å². The summed E-state index contributed by atoms with van der Waals surface area (Å²) in [6.45, 7) is 8.46. The molecule has 0 aromatic heterocycles. The summed E-state index contributed by atoms with van der Waals surface area (Å²) in [6, 6.07) is 0. The van der Waals surface area contributed by atoms with Crippen LogP contribution in [0, 0.1) is 0 Å². The van der Waals surface area contributed by atoms with Gasteiger partial charge in [-0.05, 0) is 13.8 Å². The topological polar surface area (TPSA) is 31.0 Å². The van der Waals surface area contributed by atoms with Gasteiger partial charge < -0.3 is 14.2 Å². The van der Waals surface area contributed by atoms with E-state index < -0.39 is 5.79 Å². The van der Waals surface area contributed by atoms with Crippen molar-refractivity contribution < 1.29 is 14.2 Å². The van der Waals surface area contributed by atoms with Gasteiger partial charge in [-0.1, -0.05) is 6.08 Å². The van der Waals surface area contributed by atoms with E-state index in [4.69, 9.17) is 14.2 Å². The molecule has 2 aliphatic rings. The van der Waals surface area contributed by atoms with Gasteiger partial charge in [0.2, 0.25) is 0 Å². The molecule has 2 fully saturated rings. The third-order valence-electron chi connectivity index (χ3n) is 2.35. The molecule has 13 heavy (non-hydrogen) atoms. The van der Waals surface area contributed by atoms with Gasteiger partial charge in [0.15, 0.2) is 5.79 Å². The van der Waals surface area contributed by atoms with Crippen molar-refractivity contribution in [3.05, 3.63) is 12.7 Å². The van der Waals surface area contributed by atoms with Gasteiger partial charge in [-0.3, -0.25) is 0 Å².